The highest BCUT2D eigenvalue weighted by Gasteiger charge is 2.26. The van der Waals surface area contributed by atoms with Crippen LogP contribution in [0.1, 0.15) is 17.4 Å². The van der Waals surface area contributed by atoms with E-state index in [4.69, 9.17) is 16.3 Å². The molecule has 0 saturated heterocycles. The Bertz CT molecular complexity index is 1400. The van der Waals surface area contributed by atoms with Gasteiger partial charge < -0.3 is 14.6 Å². The lowest BCUT2D eigenvalue weighted by Gasteiger charge is -2.19. The zero-order valence-electron chi connectivity index (χ0n) is 17.9. The molecule has 0 bridgehead atoms. The topological polar surface area (TPSA) is 90.3 Å². The number of hydrogen-bond acceptors (Lipinski definition) is 5. The standard InChI is InChI=1S/C25H20ClN3O4/c1-15(23(30)28-18-11-13-27-14-12-18)33-25(32)22-21(16-7-9-17(26)10-8-16)19-5-3-4-6-20(19)24(31)29(22)2/h3-15H,1-2H3,(H,27,28,30). The van der Waals surface area contributed by atoms with E-state index in [0.29, 0.717) is 32.6 Å². The summed E-state index contributed by atoms with van der Waals surface area (Å²) in [7, 11) is 1.51. The number of hydrogen-bond donors (Lipinski definition) is 1. The number of aromatic nitrogens is 2. The van der Waals surface area contributed by atoms with Crippen LogP contribution in [0.15, 0.2) is 77.9 Å². The lowest BCUT2D eigenvalue weighted by molar-refractivity contribution is -0.123. The summed E-state index contributed by atoms with van der Waals surface area (Å²) in [6.45, 7) is 1.47. The van der Waals surface area contributed by atoms with E-state index in [2.05, 4.69) is 10.3 Å². The Balaban J connectivity index is 1.76. The number of ether oxygens (including phenoxy) is 1. The van der Waals surface area contributed by atoms with Crippen molar-refractivity contribution in [3.8, 4) is 11.1 Å². The number of pyridine rings is 2. The van der Waals surface area contributed by atoms with Crippen LogP contribution in [0.2, 0.25) is 5.02 Å². The van der Waals surface area contributed by atoms with Gasteiger partial charge in [-0.3, -0.25) is 14.6 Å². The van der Waals surface area contributed by atoms with Crippen molar-refractivity contribution >= 4 is 39.9 Å². The molecular weight excluding hydrogens is 442 g/mol. The van der Waals surface area contributed by atoms with Crippen LogP contribution >= 0.6 is 11.6 Å². The molecule has 166 valence electrons. The van der Waals surface area contributed by atoms with Crippen molar-refractivity contribution in [2.75, 3.05) is 5.32 Å². The largest absolute Gasteiger partial charge is 0.448 e. The van der Waals surface area contributed by atoms with E-state index in [0.717, 1.165) is 0 Å². The highest BCUT2D eigenvalue weighted by molar-refractivity contribution is 6.30. The third-order valence-electron chi connectivity index (χ3n) is 5.23. The first-order chi connectivity index (χ1) is 15.9. The van der Waals surface area contributed by atoms with Crippen LogP contribution in [0, 0.1) is 0 Å². The number of benzene rings is 2. The van der Waals surface area contributed by atoms with Crippen molar-refractivity contribution in [1.29, 1.82) is 0 Å². The molecule has 1 atom stereocenters. The van der Waals surface area contributed by atoms with Gasteiger partial charge in [-0.2, -0.15) is 0 Å². The fraction of sp³-hybridized carbons (Fsp3) is 0.120. The summed E-state index contributed by atoms with van der Waals surface area (Å²) in [6.07, 6.45) is 1.97. The zero-order chi connectivity index (χ0) is 23.5. The molecule has 2 heterocycles. The van der Waals surface area contributed by atoms with E-state index in [1.807, 2.05) is 0 Å². The zero-order valence-corrected chi connectivity index (χ0v) is 18.7. The predicted molar refractivity (Wildman–Crippen MR) is 127 cm³/mol. The third kappa shape index (κ3) is 4.49. The van der Waals surface area contributed by atoms with Gasteiger partial charge in [0.1, 0.15) is 5.69 Å². The Morgan fingerprint density at radius 3 is 2.30 bits per heavy atom. The maximum Gasteiger partial charge on any atom is 0.356 e. The maximum absolute atomic E-state index is 13.3. The first kappa shape index (κ1) is 22.2. The van der Waals surface area contributed by atoms with Crippen LogP contribution < -0.4 is 10.9 Å². The monoisotopic (exact) mass is 461 g/mol. The summed E-state index contributed by atoms with van der Waals surface area (Å²) in [5.41, 5.74) is 1.44. The summed E-state index contributed by atoms with van der Waals surface area (Å²) in [4.78, 5) is 42.7. The molecular formula is C25H20ClN3O4. The molecule has 0 radical (unpaired) electrons. The molecule has 1 amide bonds. The number of amides is 1. The Morgan fingerprint density at radius 2 is 1.64 bits per heavy atom. The minimum absolute atomic E-state index is 0.0459. The van der Waals surface area contributed by atoms with Crippen LogP contribution in [0.4, 0.5) is 5.69 Å². The van der Waals surface area contributed by atoms with Gasteiger partial charge in [0.25, 0.3) is 11.5 Å². The van der Waals surface area contributed by atoms with E-state index >= 15 is 0 Å². The van der Waals surface area contributed by atoms with Crippen molar-refractivity contribution in [3.63, 3.8) is 0 Å². The lowest BCUT2D eigenvalue weighted by Crippen LogP contribution is -2.32. The summed E-state index contributed by atoms with van der Waals surface area (Å²) < 4.78 is 6.74. The van der Waals surface area contributed by atoms with E-state index in [1.54, 1.807) is 60.7 Å². The van der Waals surface area contributed by atoms with Gasteiger partial charge in [0.05, 0.1) is 0 Å². The molecule has 0 aliphatic heterocycles. The number of fused-ring (bicyclic) bond motifs is 1. The van der Waals surface area contributed by atoms with Gasteiger partial charge in [-0.15, -0.1) is 0 Å². The average Bonchev–Trinajstić information content (AvgIpc) is 2.82. The Morgan fingerprint density at radius 1 is 1.00 bits per heavy atom. The van der Waals surface area contributed by atoms with Gasteiger partial charge in [-0.1, -0.05) is 41.9 Å². The number of nitrogens with one attached hydrogen (secondary N) is 1. The quantitative estimate of drug-likeness (QED) is 0.444. The summed E-state index contributed by atoms with van der Waals surface area (Å²) in [5, 5.41) is 4.27. The molecule has 0 fully saturated rings. The second-order valence-electron chi connectivity index (χ2n) is 7.41. The van der Waals surface area contributed by atoms with E-state index in [9.17, 15) is 14.4 Å². The van der Waals surface area contributed by atoms with Gasteiger partial charge in [0.2, 0.25) is 0 Å². The van der Waals surface area contributed by atoms with Crippen molar-refractivity contribution in [3.05, 3.63) is 94.1 Å². The Hall–Kier alpha value is -3.97. The summed E-state index contributed by atoms with van der Waals surface area (Å²) in [5.74, 6) is -1.30. The number of rotatable bonds is 5. The van der Waals surface area contributed by atoms with Crippen LogP contribution in [0.5, 0.6) is 0 Å². The molecule has 0 saturated carbocycles. The number of carbonyl (C=O) groups is 2. The minimum atomic E-state index is -1.11. The van der Waals surface area contributed by atoms with Crippen LogP contribution in [0.3, 0.4) is 0 Å². The van der Waals surface area contributed by atoms with Gasteiger partial charge >= 0.3 is 5.97 Å². The Kier molecular flexibility index (Phi) is 6.24. The second-order valence-corrected chi connectivity index (χ2v) is 7.85. The van der Waals surface area contributed by atoms with Gasteiger partial charge in [-0.05, 0) is 48.2 Å². The van der Waals surface area contributed by atoms with E-state index in [1.165, 1.54) is 30.9 Å². The van der Waals surface area contributed by atoms with Crippen molar-refractivity contribution < 1.29 is 14.3 Å². The molecule has 4 rings (SSSR count). The third-order valence-corrected chi connectivity index (χ3v) is 5.48. The number of carbonyl (C=O) groups excluding carboxylic acids is 2. The van der Waals surface area contributed by atoms with Crippen LogP contribution in [-0.2, 0) is 16.6 Å². The molecule has 2 aromatic heterocycles. The molecule has 1 N–H and O–H groups in total. The average molecular weight is 462 g/mol. The van der Waals surface area contributed by atoms with Crippen molar-refractivity contribution in [2.24, 2.45) is 7.05 Å². The highest BCUT2D eigenvalue weighted by atomic mass is 35.5. The molecule has 0 aliphatic rings. The lowest BCUT2D eigenvalue weighted by atomic mass is 9.96. The van der Waals surface area contributed by atoms with Gasteiger partial charge in [-0.25, -0.2) is 4.79 Å². The number of halogens is 1. The van der Waals surface area contributed by atoms with Crippen LogP contribution in [0.25, 0.3) is 21.9 Å². The van der Waals surface area contributed by atoms with Gasteiger partial charge in [0.15, 0.2) is 6.10 Å². The van der Waals surface area contributed by atoms with E-state index < -0.39 is 18.0 Å². The SMILES string of the molecule is CC(OC(=O)c1c(-c2ccc(Cl)cc2)c2ccccc2c(=O)n1C)C(=O)Nc1ccncc1. The fourth-order valence-electron chi connectivity index (χ4n) is 3.56. The van der Waals surface area contributed by atoms with E-state index in [-0.39, 0.29) is 11.3 Å². The predicted octanol–water partition coefficient (Wildman–Crippen LogP) is 4.44. The summed E-state index contributed by atoms with van der Waals surface area (Å²) in [6, 6.07) is 17.2. The van der Waals surface area contributed by atoms with Crippen LogP contribution in [-0.4, -0.2) is 27.5 Å². The normalized spacial score (nSPS) is 11.7. The molecule has 0 spiro atoms. The molecule has 2 aromatic carbocycles. The number of nitrogens with zero attached hydrogens (tertiary/aromatic N) is 2. The molecule has 8 heteroatoms. The van der Waals surface area contributed by atoms with Gasteiger partial charge in [0, 0.05) is 41.1 Å². The summed E-state index contributed by atoms with van der Waals surface area (Å²) >= 11 is 6.05. The minimum Gasteiger partial charge on any atom is -0.448 e. The Labute approximate surface area is 194 Å². The fourth-order valence-corrected chi connectivity index (χ4v) is 3.69. The molecule has 7 nitrogen and oxygen atoms in total. The molecule has 1 unspecified atom stereocenters. The highest BCUT2D eigenvalue weighted by Crippen LogP contribution is 2.32. The second kappa shape index (κ2) is 9.26. The molecule has 33 heavy (non-hydrogen) atoms. The van der Waals surface area contributed by atoms with Crippen molar-refractivity contribution in [2.45, 2.75) is 13.0 Å². The van der Waals surface area contributed by atoms with Crippen molar-refractivity contribution in [1.82, 2.24) is 9.55 Å². The number of anilines is 1. The first-order valence-corrected chi connectivity index (χ1v) is 10.5. The smallest absolute Gasteiger partial charge is 0.356 e. The maximum atomic E-state index is 13.3. The number of esters is 1. The molecule has 4 aromatic rings. The molecule has 0 aliphatic carbocycles. The first-order valence-electron chi connectivity index (χ1n) is 10.2.